The maximum Gasteiger partial charge on any atom is 0.218 e. The molecule has 0 atom stereocenters. The maximum absolute atomic E-state index is 9.01. The molecule has 2 N–H and O–H groups in total. The molecule has 25 heavy (non-hydrogen) atoms. The van der Waals surface area contributed by atoms with Gasteiger partial charge in [-0.05, 0) is 23.8 Å². The molecule has 3 aromatic rings. The first-order valence-corrected chi connectivity index (χ1v) is 7.59. The monoisotopic (exact) mass is 332 g/mol. The van der Waals surface area contributed by atoms with Gasteiger partial charge in [0.2, 0.25) is 5.88 Å². The molecule has 7 heteroatoms. The van der Waals surface area contributed by atoms with Crippen LogP contribution in [0.3, 0.4) is 0 Å². The molecular weight excluding hydrogens is 316 g/mol. The van der Waals surface area contributed by atoms with E-state index in [1.165, 1.54) is 6.21 Å². The first-order valence-electron chi connectivity index (χ1n) is 7.59. The molecule has 124 valence electrons. The Kier molecular flexibility index (Phi) is 4.72. The van der Waals surface area contributed by atoms with Crippen molar-refractivity contribution < 1.29 is 4.74 Å². The Bertz CT molecular complexity index is 941. The summed E-state index contributed by atoms with van der Waals surface area (Å²) in [7, 11) is 1.82. The number of rotatable bonds is 6. The van der Waals surface area contributed by atoms with Gasteiger partial charge in [0.15, 0.2) is 5.82 Å². The van der Waals surface area contributed by atoms with Crippen LogP contribution in [0.2, 0.25) is 0 Å². The third-order valence-electron chi connectivity index (χ3n) is 3.63. The number of hydrogen-bond donors (Lipinski definition) is 2. The smallest absolute Gasteiger partial charge is 0.218 e. The molecule has 0 aliphatic carbocycles. The van der Waals surface area contributed by atoms with Crippen molar-refractivity contribution >= 4 is 11.9 Å². The van der Waals surface area contributed by atoms with Gasteiger partial charge in [-0.1, -0.05) is 6.07 Å². The molecule has 0 bridgehead atoms. The lowest BCUT2D eigenvalue weighted by atomic mass is 10.1. The summed E-state index contributed by atoms with van der Waals surface area (Å²) in [6, 6.07) is 12.8. The predicted molar refractivity (Wildman–Crippen MR) is 94.3 cm³/mol. The lowest BCUT2D eigenvalue weighted by Gasteiger charge is -2.11. The zero-order chi connectivity index (χ0) is 17.6. The summed E-state index contributed by atoms with van der Waals surface area (Å²) in [5.74, 6) is 1.04. The van der Waals surface area contributed by atoms with E-state index in [-0.39, 0.29) is 0 Å². The Morgan fingerprint density at radius 1 is 1.28 bits per heavy atom. The maximum atomic E-state index is 9.01. The van der Waals surface area contributed by atoms with Gasteiger partial charge in [0.25, 0.3) is 0 Å². The fraction of sp³-hybridized carbons (Fsp3) is 0.111. The molecular formula is C18H16N6O. The van der Waals surface area contributed by atoms with E-state index >= 15 is 0 Å². The highest BCUT2D eigenvalue weighted by atomic mass is 16.5. The van der Waals surface area contributed by atoms with Crippen LogP contribution in [0.25, 0.3) is 5.82 Å². The second-order valence-electron chi connectivity index (χ2n) is 5.20. The van der Waals surface area contributed by atoms with Crippen LogP contribution in [0, 0.1) is 16.7 Å². The van der Waals surface area contributed by atoms with Crippen molar-refractivity contribution in [1.29, 1.82) is 10.7 Å². The van der Waals surface area contributed by atoms with Gasteiger partial charge in [0, 0.05) is 42.8 Å². The SMILES string of the molecule is CNc1ccc(COc2ccnn2-c2cc(C#N)ccn2)cc1C=N. The summed E-state index contributed by atoms with van der Waals surface area (Å²) in [6.45, 7) is 0.328. The quantitative estimate of drug-likeness (QED) is 0.676. The Labute approximate surface area is 145 Å². The van der Waals surface area contributed by atoms with E-state index in [0.29, 0.717) is 23.9 Å². The fourth-order valence-electron chi connectivity index (χ4n) is 2.38. The minimum absolute atomic E-state index is 0.328. The summed E-state index contributed by atoms with van der Waals surface area (Å²) in [5, 5.41) is 23.7. The van der Waals surface area contributed by atoms with Crippen molar-refractivity contribution in [3.05, 3.63) is 65.5 Å². The molecule has 0 unspecified atom stereocenters. The van der Waals surface area contributed by atoms with Gasteiger partial charge < -0.3 is 15.5 Å². The Morgan fingerprint density at radius 2 is 2.16 bits per heavy atom. The van der Waals surface area contributed by atoms with Crippen LogP contribution >= 0.6 is 0 Å². The summed E-state index contributed by atoms with van der Waals surface area (Å²) in [4.78, 5) is 4.23. The molecule has 0 radical (unpaired) electrons. The first kappa shape index (κ1) is 16.2. The zero-order valence-corrected chi connectivity index (χ0v) is 13.6. The number of benzene rings is 1. The molecule has 2 heterocycles. The number of hydrogen-bond acceptors (Lipinski definition) is 6. The van der Waals surface area contributed by atoms with E-state index in [9.17, 15) is 0 Å². The van der Waals surface area contributed by atoms with E-state index in [4.69, 9.17) is 15.4 Å². The van der Waals surface area contributed by atoms with Crippen LogP contribution in [-0.4, -0.2) is 28.0 Å². The second kappa shape index (κ2) is 7.27. The van der Waals surface area contributed by atoms with Crippen molar-refractivity contribution in [2.45, 2.75) is 6.61 Å². The average Bonchev–Trinajstić information content (AvgIpc) is 3.14. The topological polar surface area (TPSA) is 99.6 Å². The number of nitriles is 1. The largest absolute Gasteiger partial charge is 0.473 e. The van der Waals surface area contributed by atoms with Crippen LogP contribution in [0.15, 0.2) is 48.8 Å². The number of nitrogens with zero attached hydrogens (tertiary/aromatic N) is 4. The lowest BCUT2D eigenvalue weighted by molar-refractivity contribution is 0.284. The van der Waals surface area contributed by atoms with E-state index < -0.39 is 0 Å². The molecule has 3 rings (SSSR count). The van der Waals surface area contributed by atoms with Gasteiger partial charge >= 0.3 is 0 Å². The average molecular weight is 332 g/mol. The van der Waals surface area contributed by atoms with Gasteiger partial charge in [-0.15, -0.1) is 0 Å². The van der Waals surface area contributed by atoms with Crippen LogP contribution in [0.4, 0.5) is 5.69 Å². The molecule has 1 aromatic carbocycles. The summed E-state index contributed by atoms with van der Waals surface area (Å²) < 4.78 is 7.39. The zero-order valence-electron chi connectivity index (χ0n) is 13.6. The predicted octanol–water partition coefficient (Wildman–Crippen LogP) is 2.76. The van der Waals surface area contributed by atoms with Crippen molar-refractivity contribution in [3.8, 4) is 17.8 Å². The van der Waals surface area contributed by atoms with Crippen molar-refractivity contribution in [2.75, 3.05) is 12.4 Å². The van der Waals surface area contributed by atoms with Gasteiger partial charge in [0.1, 0.15) is 6.61 Å². The number of nitrogens with one attached hydrogen (secondary N) is 2. The van der Waals surface area contributed by atoms with Gasteiger partial charge in [0.05, 0.1) is 17.8 Å². The molecule has 0 spiro atoms. The van der Waals surface area contributed by atoms with Crippen LogP contribution in [-0.2, 0) is 6.61 Å². The van der Waals surface area contributed by atoms with Crippen LogP contribution in [0.1, 0.15) is 16.7 Å². The minimum Gasteiger partial charge on any atom is -0.473 e. The molecule has 0 aliphatic rings. The summed E-state index contributed by atoms with van der Waals surface area (Å²) in [6.07, 6.45) is 4.48. The highest BCUT2D eigenvalue weighted by Gasteiger charge is 2.09. The second-order valence-corrected chi connectivity index (χ2v) is 5.20. The summed E-state index contributed by atoms with van der Waals surface area (Å²) >= 11 is 0. The van der Waals surface area contributed by atoms with Gasteiger partial charge in [-0.2, -0.15) is 15.0 Å². The third-order valence-corrected chi connectivity index (χ3v) is 3.63. The number of ether oxygens (including phenoxy) is 1. The van der Waals surface area contributed by atoms with Crippen molar-refractivity contribution in [1.82, 2.24) is 14.8 Å². The highest BCUT2D eigenvalue weighted by Crippen LogP contribution is 2.19. The summed E-state index contributed by atoms with van der Waals surface area (Å²) in [5.41, 5.74) is 3.12. The minimum atomic E-state index is 0.328. The van der Waals surface area contributed by atoms with Crippen LogP contribution in [0.5, 0.6) is 5.88 Å². The first-order chi connectivity index (χ1) is 12.2. The molecule has 0 fully saturated rings. The van der Waals surface area contributed by atoms with Gasteiger partial charge in [-0.25, -0.2) is 4.98 Å². The third kappa shape index (κ3) is 3.48. The number of aromatic nitrogens is 3. The number of anilines is 1. The normalized spacial score (nSPS) is 10.1. The fourth-order valence-corrected chi connectivity index (χ4v) is 2.38. The van der Waals surface area contributed by atoms with Crippen molar-refractivity contribution in [3.63, 3.8) is 0 Å². The van der Waals surface area contributed by atoms with Crippen LogP contribution < -0.4 is 10.1 Å². The molecule has 2 aromatic heterocycles. The molecule has 0 amide bonds. The van der Waals surface area contributed by atoms with Crippen molar-refractivity contribution in [2.24, 2.45) is 0 Å². The highest BCUT2D eigenvalue weighted by molar-refractivity contribution is 5.85. The van der Waals surface area contributed by atoms with E-state index in [1.54, 1.807) is 35.3 Å². The van der Waals surface area contributed by atoms with Gasteiger partial charge in [-0.3, -0.25) is 0 Å². The molecule has 7 nitrogen and oxygen atoms in total. The van der Waals surface area contributed by atoms with E-state index in [1.807, 2.05) is 25.2 Å². The molecule has 0 aliphatic heterocycles. The standard InChI is InChI=1S/C18H16N6O/c1-21-16-3-2-14(8-15(16)11-20)12-25-18-5-7-23-24(18)17-9-13(10-19)4-6-22-17/h2-9,11,20-21H,12H2,1H3. The molecule has 0 saturated heterocycles. The Morgan fingerprint density at radius 3 is 2.92 bits per heavy atom. The Hall–Kier alpha value is -3.66. The molecule has 0 saturated carbocycles. The lowest BCUT2D eigenvalue weighted by Crippen LogP contribution is -2.05. The van der Waals surface area contributed by atoms with E-state index in [2.05, 4.69) is 21.5 Å². The number of pyridine rings is 1. The Balaban J connectivity index is 1.80. The van der Waals surface area contributed by atoms with E-state index in [0.717, 1.165) is 16.8 Å².